The smallest absolute Gasteiger partial charge is 0.126 e. The Bertz CT molecular complexity index is 650. The fourth-order valence-corrected chi connectivity index (χ4v) is 3.57. The summed E-state index contributed by atoms with van der Waals surface area (Å²) in [4.78, 5) is 0.842. The molecule has 1 N–H and O–H groups in total. The van der Waals surface area contributed by atoms with E-state index >= 15 is 0 Å². The van der Waals surface area contributed by atoms with Crippen LogP contribution in [0.4, 0.5) is 0 Å². The van der Waals surface area contributed by atoms with Gasteiger partial charge in [-0.05, 0) is 36.2 Å². The van der Waals surface area contributed by atoms with Crippen molar-refractivity contribution in [2.45, 2.75) is 24.3 Å². The van der Waals surface area contributed by atoms with E-state index < -0.39 is 11.0 Å². The van der Waals surface area contributed by atoms with Gasteiger partial charge in [0.2, 0.25) is 0 Å². The molecule has 1 aliphatic heterocycles. The van der Waals surface area contributed by atoms with E-state index in [4.69, 9.17) is 4.74 Å². The van der Waals surface area contributed by atoms with Gasteiger partial charge < -0.3 is 4.74 Å². The Kier molecular flexibility index (Phi) is 3.17. The second-order valence-electron chi connectivity index (χ2n) is 5.35. The first kappa shape index (κ1) is 12.8. The van der Waals surface area contributed by atoms with Gasteiger partial charge in [0.25, 0.3) is 0 Å². The lowest BCUT2D eigenvalue weighted by atomic mass is 10.0. The highest BCUT2D eigenvalue weighted by molar-refractivity contribution is 7.83. The van der Waals surface area contributed by atoms with Crippen LogP contribution in [0.1, 0.15) is 12.5 Å². The van der Waals surface area contributed by atoms with Gasteiger partial charge in [0.05, 0.1) is 23.6 Å². The molecule has 1 atom stereocenters. The zero-order valence-electron chi connectivity index (χ0n) is 11.1. The highest BCUT2D eigenvalue weighted by atomic mass is 32.2. The fourth-order valence-electron chi connectivity index (χ4n) is 2.33. The fraction of sp³-hybridized carbons (Fsp3) is 0.333. The third-order valence-electron chi connectivity index (χ3n) is 3.48. The van der Waals surface area contributed by atoms with Crippen LogP contribution in [0.5, 0.6) is 0 Å². The number of benzene rings is 2. The van der Waals surface area contributed by atoms with Crippen molar-refractivity contribution >= 4 is 21.8 Å². The lowest BCUT2D eigenvalue weighted by Crippen LogP contribution is -2.58. The van der Waals surface area contributed by atoms with Crippen LogP contribution in [0.25, 0.3) is 10.8 Å². The van der Waals surface area contributed by atoms with Gasteiger partial charge >= 0.3 is 0 Å². The summed E-state index contributed by atoms with van der Waals surface area (Å²) in [6.45, 7) is 5.33. The predicted molar refractivity (Wildman–Crippen MR) is 77.5 cm³/mol. The van der Waals surface area contributed by atoms with Gasteiger partial charge in [-0.25, -0.2) is 8.93 Å². The Morgan fingerprint density at radius 2 is 1.84 bits per heavy atom. The summed E-state index contributed by atoms with van der Waals surface area (Å²) in [7, 11) is -1.21. The van der Waals surface area contributed by atoms with Crippen molar-refractivity contribution in [3.05, 3.63) is 42.0 Å². The average molecular weight is 275 g/mol. The summed E-state index contributed by atoms with van der Waals surface area (Å²) in [5.74, 6) is 0. The Labute approximate surface area is 115 Å². The minimum atomic E-state index is -1.21. The Morgan fingerprint density at radius 1 is 1.16 bits per heavy atom. The third-order valence-corrected chi connectivity index (χ3v) is 4.92. The summed E-state index contributed by atoms with van der Waals surface area (Å²) in [5.41, 5.74) is 1.03. The van der Waals surface area contributed by atoms with E-state index in [0.29, 0.717) is 13.2 Å². The Hall–Kier alpha value is -1.23. The summed E-state index contributed by atoms with van der Waals surface area (Å²) in [6.07, 6.45) is 0. The van der Waals surface area contributed by atoms with Crippen molar-refractivity contribution in [3.63, 3.8) is 0 Å². The van der Waals surface area contributed by atoms with E-state index in [1.54, 1.807) is 0 Å². The second-order valence-corrected chi connectivity index (χ2v) is 6.53. The maximum atomic E-state index is 12.5. The molecule has 100 valence electrons. The zero-order valence-corrected chi connectivity index (χ0v) is 11.9. The van der Waals surface area contributed by atoms with Crippen molar-refractivity contribution < 1.29 is 8.95 Å². The lowest BCUT2D eigenvalue weighted by molar-refractivity contribution is -0.0516. The minimum Gasteiger partial charge on any atom is -0.377 e. The maximum absolute atomic E-state index is 12.5. The Balaban J connectivity index is 2.00. The predicted octanol–water partition coefficient (Wildman–Crippen LogP) is 2.55. The molecule has 0 amide bonds. The molecule has 0 bridgehead atoms. The summed E-state index contributed by atoms with van der Waals surface area (Å²) in [6, 6.07) is 12.1. The monoisotopic (exact) mass is 275 g/mol. The van der Waals surface area contributed by atoms with Gasteiger partial charge in [-0.15, -0.1) is 0 Å². The number of fused-ring (bicyclic) bond motifs is 1. The number of nitrogens with one attached hydrogen (secondary N) is 1. The van der Waals surface area contributed by atoms with Crippen LogP contribution in [-0.2, 0) is 15.7 Å². The normalized spacial score (nSPS) is 19.1. The molecule has 1 saturated heterocycles. The molecule has 0 saturated carbocycles. The second kappa shape index (κ2) is 4.71. The van der Waals surface area contributed by atoms with Crippen molar-refractivity contribution in [3.8, 4) is 0 Å². The van der Waals surface area contributed by atoms with E-state index in [1.807, 2.05) is 37.3 Å². The van der Waals surface area contributed by atoms with E-state index in [-0.39, 0.29) is 5.54 Å². The molecule has 1 heterocycles. The summed E-state index contributed by atoms with van der Waals surface area (Å²) in [5, 5.41) is 2.21. The zero-order chi connectivity index (χ0) is 13.5. The molecule has 1 aliphatic rings. The number of aryl methyl sites for hydroxylation is 1. The molecule has 1 unspecified atom stereocenters. The molecule has 3 rings (SSSR count). The first-order valence-corrected chi connectivity index (χ1v) is 7.50. The molecule has 2 aromatic rings. The molecular weight excluding hydrogens is 258 g/mol. The van der Waals surface area contributed by atoms with Crippen LogP contribution < -0.4 is 4.72 Å². The van der Waals surface area contributed by atoms with Crippen molar-refractivity contribution in [2.24, 2.45) is 0 Å². The topological polar surface area (TPSA) is 38.3 Å². The van der Waals surface area contributed by atoms with Gasteiger partial charge in [0.1, 0.15) is 11.0 Å². The molecule has 0 spiro atoms. The summed E-state index contributed by atoms with van der Waals surface area (Å²) >= 11 is 0. The average Bonchev–Trinajstić information content (AvgIpc) is 2.37. The van der Waals surface area contributed by atoms with Crippen LogP contribution >= 0.6 is 0 Å². The van der Waals surface area contributed by atoms with E-state index in [9.17, 15) is 4.21 Å². The van der Waals surface area contributed by atoms with Crippen molar-refractivity contribution in [2.75, 3.05) is 13.2 Å². The highest BCUT2D eigenvalue weighted by Crippen LogP contribution is 2.26. The van der Waals surface area contributed by atoms with E-state index in [2.05, 4.69) is 17.7 Å². The highest BCUT2D eigenvalue weighted by Gasteiger charge is 2.35. The van der Waals surface area contributed by atoms with Crippen LogP contribution in [-0.4, -0.2) is 23.0 Å². The lowest BCUT2D eigenvalue weighted by Gasteiger charge is -2.38. The first-order chi connectivity index (χ1) is 9.09. The molecule has 3 nitrogen and oxygen atoms in total. The third kappa shape index (κ3) is 2.31. The number of ether oxygens (including phenoxy) is 1. The number of hydrogen-bond acceptors (Lipinski definition) is 2. The maximum Gasteiger partial charge on any atom is 0.126 e. The van der Waals surface area contributed by atoms with Crippen molar-refractivity contribution in [1.82, 2.24) is 4.72 Å². The molecule has 0 aliphatic carbocycles. The van der Waals surface area contributed by atoms with Gasteiger partial charge in [0.15, 0.2) is 0 Å². The molecule has 4 heteroatoms. The number of hydrogen-bond donors (Lipinski definition) is 1. The van der Waals surface area contributed by atoms with Gasteiger partial charge in [0, 0.05) is 0 Å². The van der Waals surface area contributed by atoms with Crippen LogP contribution in [0.15, 0.2) is 41.3 Å². The Morgan fingerprint density at radius 3 is 2.47 bits per heavy atom. The van der Waals surface area contributed by atoms with E-state index in [1.165, 1.54) is 5.56 Å². The molecule has 0 aromatic heterocycles. The van der Waals surface area contributed by atoms with Gasteiger partial charge in [-0.3, -0.25) is 0 Å². The number of rotatable bonds is 3. The SMILES string of the molecule is Cc1ccc(S(=O)NC2(C)COC2)c2ccccc12. The molecule has 19 heavy (non-hydrogen) atoms. The molecular formula is C15H17NO2S. The largest absolute Gasteiger partial charge is 0.377 e. The summed E-state index contributed by atoms with van der Waals surface area (Å²) < 4.78 is 20.9. The molecule has 2 aromatic carbocycles. The van der Waals surface area contributed by atoms with Gasteiger partial charge in [-0.1, -0.05) is 30.3 Å². The molecule has 1 fully saturated rings. The van der Waals surface area contributed by atoms with Crippen LogP contribution in [0, 0.1) is 6.92 Å². The van der Waals surface area contributed by atoms with E-state index in [0.717, 1.165) is 15.7 Å². The minimum absolute atomic E-state index is 0.170. The quantitative estimate of drug-likeness (QED) is 0.935. The van der Waals surface area contributed by atoms with Crippen LogP contribution in [0.3, 0.4) is 0 Å². The first-order valence-electron chi connectivity index (χ1n) is 6.35. The van der Waals surface area contributed by atoms with Gasteiger partial charge in [-0.2, -0.15) is 0 Å². The molecule has 0 radical (unpaired) electrons. The standard InChI is InChI=1S/C15H17NO2S/c1-11-7-8-14(13-6-4-3-5-12(11)13)19(17)16-15(2)9-18-10-15/h3-8,16H,9-10H2,1-2H3. The van der Waals surface area contributed by atoms with Crippen LogP contribution in [0.2, 0.25) is 0 Å². The van der Waals surface area contributed by atoms with Crippen molar-refractivity contribution in [1.29, 1.82) is 0 Å².